The van der Waals surface area contributed by atoms with Gasteiger partial charge in [-0.2, -0.15) is 0 Å². The van der Waals surface area contributed by atoms with Gasteiger partial charge in [-0.15, -0.1) is 5.10 Å². The number of aromatic nitrogens is 3. The largest absolute Gasteiger partial charge is 0.338 e. The van der Waals surface area contributed by atoms with Crippen LogP contribution in [0.15, 0.2) is 6.20 Å². The third-order valence-electron chi connectivity index (χ3n) is 4.12. The van der Waals surface area contributed by atoms with Gasteiger partial charge in [-0.1, -0.05) is 31.4 Å². The molecule has 0 aliphatic heterocycles. The van der Waals surface area contributed by atoms with Gasteiger partial charge in [0.1, 0.15) is 6.54 Å². The van der Waals surface area contributed by atoms with Crippen molar-refractivity contribution < 1.29 is 4.79 Å². The van der Waals surface area contributed by atoms with Crippen LogP contribution in [0.3, 0.4) is 0 Å². The Morgan fingerprint density at radius 2 is 2.14 bits per heavy atom. The van der Waals surface area contributed by atoms with Gasteiger partial charge in [-0.05, 0) is 26.3 Å². The Kier molecular flexibility index (Phi) is 6.17. The molecule has 0 radical (unpaired) electrons. The van der Waals surface area contributed by atoms with Crippen molar-refractivity contribution in [3.63, 3.8) is 0 Å². The Bertz CT molecular complexity index is 439. The van der Waals surface area contributed by atoms with Crippen molar-refractivity contribution in [3.05, 3.63) is 11.9 Å². The van der Waals surface area contributed by atoms with E-state index in [1.54, 1.807) is 4.68 Å². The van der Waals surface area contributed by atoms with Crippen LogP contribution < -0.4 is 5.32 Å². The number of carbonyl (C=O) groups excluding carboxylic acids is 1. The molecular formula is C15H27N5O. The highest BCUT2D eigenvalue weighted by atomic mass is 16.2. The van der Waals surface area contributed by atoms with Gasteiger partial charge in [0.05, 0.1) is 11.9 Å². The lowest BCUT2D eigenvalue weighted by molar-refractivity contribution is -0.134. The maximum Gasteiger partial charge on any atom is 0.244 e. The van der Waals surface area contributed by atoms with Crippen LogP contribution >= 0.6 is 0 Å². The molecule has 21 heavy (non-hydrogen) atoms. The number of carbonyl (C=O) groups is 1. The molecule has 1 aliphatic carbocycles. The van der Waals surface area contributed by atoms with Crippen molar-refractivity contribution in [2.45, 2.75) is 65.1 Å². The van der Waals surface area contributed by atoms with E-state index in [-0.39, 0.29) is 5.91 Å². The number of nitrogens with one attached hydrogen (secondary N) is 1. The Morgan fingerprint density at radius 1 is 1.38 bits per heavy atom. The smallest absolute Gasteiger partial charge is 0.244 e. The average Bonchev–Trinajstić information content (AvgIpc) is 2.94. The van der Waals surface area contributed by atoms with Crippen molar-refractivity contribution in [3.8, 4) is 0 Å². The SMILES string of the molecule is CCNCc1cn(CC(=O)N(CC)C2CCCCC2)nn1. The fourth-order valence-corrected chi connectivity index (χ4v) is 3.01. The van der Waals surface area contributed by atoms with Gasteiger partial charge in [-0.3, -0.25) is 4.79 Å². The molecule has 1 aromatic rings. The molecule has 1 amide bonds. The normalized spacial score (nSPS) is 16.1. The molecule has 6 heteroatoms. The van der Waals surface area contributed by atoms with E-state index < -0.39 is 0 Å². The summed E-state index contributed by atoms with van der Waals surface area (Å²) in [5, 5.41) is 11.3. The van der Waals surface area contributed by atoms with Crippen LogP contribution in [0.2, 0.25) is 0 Å². The summed E-state index contributed by atoms with van der Waals surface area (Å²) in [5.74, 6) is 0.157. The number of likely N-dealkylation sites (N-methyl/N-ethyl adjacent to an activating group) is 1. The van der Waals surface area contributed by atoms with Crippen molar-refractivity contribution >= 4 is 5.91 Å². The molecule has 0 bridgehead atoms. The number of rotatable bonds is 7. The fourth-order valence-electron chi connectivity index (χ4n) is 3.01. The van der Waals surface area contributed by atoms with Gasteiger partial charge in [0, 0.05) is 19.1 Å². The lowest BCUT2D eigenvalue weighted by Crippen LogP contribution is -2.43. The van der Waals surface area contributed by atoms with Crippen LogP contribution in [0.4, 0.5) is 0 Å². The molecule has 2 rings (SSSR count). The quantitative estimate of drug-likeness (QED) is 0.829. The molecule has 1 aromatic heterocycles. The van der Waals surface area contributed by atoms with Crippen LogP contribution in [-0.4, -0.2) is 44.9 Å². The zero-order chi connectivity index (χ0) is 15.1. The van der Waals surface area contributed by atoms with E-state index in [9.17, 15) is 4.79 Å². The van der Waals surface area contributed by atoms with Crippen molar-refractivity contribution in [2.75, 3.05) is 13.1 Å². The van der Waals surface area contributed by atoms with Crippen LogP contribution in [0, 0.1) is 0 Å². The van der Waals surface area contributed by atoms with Crippen molar-refractivity contribution in [1.29, 1.82) is 0 Å². The average molecular weight is 293 g/mol. The van der Waals surface area contributed by atoms with Gasteiger partial charge >= 0.3 is 0 Å². The first-order valence-electron chi connectivity index (χ1n) is 8.13. The summed E-state index contributed by atoms with van der Waals surface area (Å²) in [6.07, 6.45) is 7.93. The molecule has 1 heterocycles. The van der Waals surface area contributed by atoms with Gasteiger partial charge in [0.2, 0.25) is 5.91 Å². The van der Waals surface area contributed by atoms with Gasteiger partial charge in [0.25, 0.3) is 0 Å². The summed E-state index contributed by atoms with van der Waals surface area (Å²) in [6.45, 7) is 6.79. The second kappa shape index (κ2) is 8.12. The second-order valence-electron chi connectivity index (χ2n) is 5.66. The molecule has 0 saturated heterocycles. The molecule has 1 N–H and O–H groups in total. The number of nitrogens with zero attached hydrogens (tertiary/aromatic N) is 4. The molecule has 1 aliphatic rings. The lowest BCUT2D eigenvalue weighted by atomic mass is 9.94. The van der Waals surface area contributed by atoms with Crippen LogP contribution in [-0.2, 0) is 17.9 Å². The number of hydrogen-bond donors (Lipinski definition) is 1. The summed E-state index contributed by atoms with van der Waals surface area (Å²) >= 11 is 0. The van der Waals surface area contributed by atoms with E-state index in [2.05, 4.69) is 29.5 Å². The Labute approximate surface area is 126 Å². The highest BCUT2D eigenvalue weighted by Gasteiger charge is 2.24. The van der Waals surface area contributed by atoms with Gasteiger partial charge in [-0.25, -0.2) is 4.68 Å². The predicted molar refractivity (Wildman–Crippen MR) is 81.7 cm³/mol. The third kappa shape index (κ3) is 4.52. The standard InChI is InChI=1S/C15H27N5O/c1-3-16-10-13-11-19(18-17-13)12-15(21)20(4-2)14-8-6-5-7-9-14/h11,14,16H,3-10,12H2,1-2H3. The molecule has 0 aromatic carbocycles. The Morgan fingerprint density at radius 3 is 2.81 bits per heavy atom. The summed E-state index contributed by atoms with van der Waals surface area (Å²) in [7, 11) is 0. The van der Waals surface area contributed by atoms with E-state index in [0.29, 0.717) is 19.1 Å². The molecule has 1 saturated carbocycles. The summed E-state index contributed by atoms with van der Waals surface area (Å²) in [6, 6.07) is 0.418. The number of hydrogen-bond acceptors (Lipinski definition) is 4. The summed E-state index contributed by atoms with van der Waals surface area (Å²) in [4.78, 5) is 14.5. The Balaban J connectivity index is 1.90. The minimum atomic E-state index is 0.157. The molecule has 6 nitrogen and oxygen atoms in total. The van der Waals surface area contributed by atoms with E-state index >= 15 is 0 Å². The van der Waals surface area contributed by atoms with E-state index in [4.69, 9.17) is 0 Å². The van der Waals surface area contributed by atoms with Gasteiger partial charge < -0.3 is 10.2 Å². The van der Waals surface area contributed by atoms with Crippen LogP contribution in [0.5, 0.6) is 0 Å². The minimum Gasteiger partial charge on any atom is -0.338 e. The molecule has 0 unspecified atom stereocenters. The first-order chi connectivity index (χ1) is 10.2. The second-order valence-corrected chi connectivity index (χ2v) is 5.66. The maximum atomic E-state index is 12.5. The van der Waals surface area contributed by atoms with Crippen molar-refractivity contribution in [2.24, 2.45) is 0 Å². The fraction of sp³-hybridized carbons (Fsp3) is 0.800. The molecule has 1 fully saturated rings. The topological polar surface area (TPSA) is 63.1 Å². The summed E-state index contributed by atoms with van der Waals surface area (Å²) in [5.41, 5.74) is 0.880. The van der Waals surface area contributed by atoms with E-state index in [1.165, 1.54) is 19.3 Å². The molecule has 118 valence electrons. The summed E-state index contributed by atoms with van der Waals surface area (Å²) < 4.78 is 1.65. The van der Waals surface area contributed by atoms with Crippen LogP contribution in [0.25, 0.3) is 0 Å². The third-order valence-corrected chi connectivity index (χ3v) is 4.12. The first kappa shape index (κ1) is 15.9. The van der Waals surface area contributed by atoms with Gasteiger partial charge in [0.15, 0.2) is 0 Å². The monoisotopic (exact) mass is 293 g/mol. The highest BCUT2D eigenvalue weighted by Crippen LogP contribution is 2.22. The first-order valence-corrected chi connectivity index (χ1v) is 8.13. The zero-order valence-corrected chi connectivity index (χ0v) is 13.2. The van der Waals surface area contributed by atoms with E-state index in [1.807, 2.05) is 11.1 Å². The number of amides is 1. The lowest BCUT2D eigenvalue weighted by Gasteiger charge is -2.33. The Hall–Kier alpha value is -1.43. The zero-order valence-electron chi connectivity index (χ0n) is 13.2. The predicted octanol–water partition coefficient (Wildman–Crippen LogP) is 1.57. The highest BCUT2D eigenvalue weighted by molar-refractivity contribution is 5.76. The molecular weight excluding hydrogens is 266 g/mol. The molecule has 0 atom stereocenters. The van der Waals surface area contributed by atoms with E-state index in [0.717, 1.165) is 31.6 Å². The molecule has 0 spiro atoms. The minimum absolute atomic E-state index is 0.157. The van der Waals surface area contributed by atoms with Crippen molar-refractivity contribution in [1.82, 2.24) is 25.2 Å². The maximum absolute atomic E-state index is 12.5. The van der Waals surface area contributed by atoms with Crippen LogP contribution in [0.1, 0.15) is 51.6 Å².